The third-order valence-electron chi connectivity index (χ3n) is 12.1. The molecule has 0 saturated heterocycles. The highest BCUT2D eigenvalue weighted by Crippen LogP contribution is 2.57. The fourth-order valence-electron chi connectivity index (χ4n) is 9.71. The summed E-state index contributed by atoms with van der Waals surface area (Å²) in [5.74, 6) is 19.3. The van der Waals surface area contributed by atoms with E-state index in [4.69, 9.17) is 15.0 Å². The number of nitrogens with one attached hydrogen (secondary N) is 1. The van der Waals surface area contributed by atoms with Gasteiger partial charge in [-0.2, -0.15) is 0 Å². The third kappa shape index (κ3) is 3.64. The van der Waals surface area contributed by atoms with Crippen molar-refractivity contribution in [3.8, 4) is 23.7 Å². The minimum absolute atomic E-state index is 0.0473. The second-order valence-electron chi connectivity index (χ2n) is 14.1. The number of benzene rings is 1. The monoisotopic (exact) mass is 541 g/mol. The van der Waals surface area contributed by atoms with Crippen LogP contribution >= 0.6 is 0 Å². The van der Waals surface area contributed by atoms with Gasteiger partial charge in [-0.1, -0.05) is 51.4 Å². The van der Waals surface area contributed by atoms with Gasteiger partial charge in [0.25, 0.3) is 0 Å². The van der Waals surface area contributed by atoms with Crippen LogP contribution in [0.5, 0.6) is 0 Å². The number of hydrogen-bond donors (Lipinski definition) is 1. The van der Waals surface area contributed by atoms with E-state index in [9.17, 15) is 0 Å². The zero-order valence-electron chi connectivity index (χ0n) is 24.7. The van der Waals surface area contributed by atoms with Gasteiger partial charge in [0.1, 0.15) is 22.1 Å². The molecular formula is C36H39N5. The van der Waals surface area contributed by atoms with Gasteiger partial charge in [0.05, 0.1) is 16.6 Å². The maximum Gasteiger partial charge on any atom is 0.178 e. The number of rotatable bonds is 0. The summed E-state index contributed by atoms with van der Waals surface area (Å²) in [6.45, 7) is 9.65. The van der Waals surface area contributed by atoms with Crippen molar-refractivity contribution in [3.63, 3.8) is 0 Å². The largest absolute Gasteiger partial charge is 0.357 e. The van der Waals surface area contributed by atoms with Crippen LogP contribution in [0.15, 0.2) is 24.7 Å². The predicted octanol–water partition coefficient (Wildman–Crippen LogP) is 7.68. The van der Waals surface area contributed by atoms with Gasteiger partial charge in [-0.25, -0.2) is 15.0 Å². The Kier molecular flexibility index (Phi) is 5.57. The molecule has 41 heavy (non-hydrogen) atoms. The Bertz CT molecular complexity index is 1670. The molecule has 0 aliphatic heterocycles. The van der Waals surface area contributed by atoms with Gasteiger partial charge in [-0.15, -0.1) is 0 Å². The van der Waals surface area contributed by atoms with E-state index in [0.29, 0.717) is 29.3 Å². The Labute approximate surface area is 242 Å². The average molecular weight is 542 g/mol. The maximum absolute atomic E-state index is 5.14. The molecule has 4 unspecified atom stereocenters. The summed E-state index contributed by atoms with van der Waals surface area (Å²) in [5, 5.41) is 0. The van der Waals surface area contributed by atoms with Gasteiger partial charge < -0.3 is 4.98 Å². The van der Waals surface area contributed by atoms with Crippen molar-refractivity contribution in [1.82, 2.24) is 24.9 Å². The van der Waals surface area contributed by atoms with E-state index in [-0.39, 0.29) is 10.8 Å². The first-order chi connectivity index (χ1) is 19.9. The van der Waals surface area contributed by atoms with E-state index in [2.05, 4.69) is 61.3 Å². The molecule has 1 N–H and O–H groups in total. The first-order valence-electron chi connectivity index (χ1n) is 15.9. The van der Waals surface area contributed by atoms with Gasteiger partial charge in [0.2, 0.25) is 0 Å². The summed E-state index contributed by atoms with van der Waals surface area (Å²) in [4.78, 5) is 23.1. The van der Waals surface area contributed by atoms with Crippen molar-refractivity contribution in [2.45, 2.75) is 79.1 Å². The van der Waals surface area contributed by atoms with Crippen LogP contribution in [0.2, 0.25) is 0 Å². The number of nitrogens with zero attached hydrogens (tertiary/aromatic N) is 4. The van der Waals surface area contributed by atoms with Crippen LogP contribution in [0, 0.1) is 70.0 Å². The lowest BCUT2D eigenvalue weighted by molar-refractivity contribution is -0.000489. The smallest absolute Gasteiger partial charge is 0.178 e. The van der Waals surface area contributed by atoms with Gasteiger partial charge >= 0.3 is 0 Å². The van der Waals surface area contributed by atoms with Crippen LogP contribution in [0.25, 0.3) is 33.2 Å². The zero-order chi connectivity index (χ0) is 27.9. The minimum Gasteiger partial charge on any atom is -0.357 e. The summed E-state index contributed by atoms with van der Waals surface area (Å²) in [6, 6.07) is 1.94. The first-order valence-corrected chi connectivity index (χ1v) is 15.9. The van der Waals surface area contributed by atoms with E-state index >= 15 is 0 Å². The lowest BCUT2D eigenvalue weighted by atomic mass is 9.51. The number of fused-ring (bicyclic) bond motifs is 9. The Morgan fingerprint density at radius 1 is 0.707 bits per heavy atom. The number of aromatic nitrogens is 5. The molecule has 10 rings (SSSR count). The second kappa shape index (κ2) is 9.03. The Balaban J connectivity index is 1.38. The summed E-state index contributed by atoms with van der Waals surface area (Å²) in [6.07, 6.45) is 15.6. The molecule has 6 saturated carbocycles. The van der Waals surface area contributed by atoms with Crippen molar-refractivity contribution in [2.24, 2.45) is 46.3 Å². The van der Waals surface area contributed by atoms with E-state index in [1.54, 1.807) is 6.20 Å². The molecule has 6 fully saturated rings. The molecule has 5 nitrogen and oxygen atoms in total. The van der Waals surface area contributed by atoms with Crippen LogP contribution < -0.4 is 0 Å². The van der Waals surface area contributed by atoms with Crippen molar-refractivity contribution in [2.75, 3.05) is 0 Å². The van der Waals surface area contributed by atoms with Crippen molar-refractivity contribution < 1.29 is 0 Å². The molecule has 4 atom stereocenters. The zero-order valence-corrected chi connectivity index (χ0v) is 24.7. The lowest BCUT2D eigenvalue weighted by Crippen LogP contribution is -2.45. The third-order valence-corrected chi connectivity index (χ3v) is 12.1. The molecule has 5 heteroatoms. The predicted molar refractivity (Wildman–Crippen MR) is 164 cm³/mol. The lowest BCUT2D eigenvalue weighted by Gasteiger charge is -2.52. The van der Waals surface area contributed by atoms with E-state index in [1.807, 2.05) is 18.5 Å². The number of aromatic amines is 1. The molecule has 208 valence electrons. The Hall–Kier alpha value is -3.44. The molecular weight excluding hydrogens is 502 g/mol. The highest BCUT2D eigenvalue weighted by Gasteiger charge is 2.50. The topological polar surface area (TPSA) is 67.3 Å². The van der Waals surface area contributed by atoms with Crippen molar-refractivity contribution in [3.05, 3.63) is 35.8 Å². The van der Waals surface area contributed by atoms with Crippen molar-refractivity contribution in [1.29, 1.82) is 0 Å². The van der Waals surface area contributed by atoms with E-state index in [1.165, 1.54) is 51.4 Å². The maximum atomic E-state index is 5.14. The molecule has 0 radical (unpaired) electrons. The summed E-state index contributed by atoms with van der Waals surface area (Å²) in [7, 11) is 0. The minimum atomic E-state index is 0.0473. The van der Waals surface area contributed by atoms with Crippen LogP contribution in [0.3, 0.4) is 0 Å². The van der Waals surface area contributed by atoms with Crippen LogP contribution in [0.1, 0.15) is 90.2 Å². The summed E-state index contributed by atoms with van der Waals surface area (Å²) in [5.41, 5.74) is 6.64. The number of H-pyrrole nitrogens is 1. The highest BCUT2D eigenvalue weighted by atomic mass is 14.9. The van der Waals surface area contributed by atoms with Gasteiger partial charge in [0, 0.05) is 29.4 Å². The fraction of sp³-hybridized carbons (Fsp3) is 0.556. The molecule has 6 aliphatic rings. The normalized spacial score (nSPS) is 35.8. The van der Waals surface area contributed by atoms with E-state index < -0.39 is 0 Å². The molecule has 6 aliphatic carbocycles. The van der Waals surface area contributed by atoms with E-state index in [0.717, 1.165) is 50.5 Å². The van der Waals surface area contributed by atoms with Crippen LogP contribution in [0.4, 0.5) is 0 Å². The van der Waals surface area contributed by atoms with Gasteiger partial charge in [0.15, 0.2) is 5.65 Å². The van der Waals surface area contributed by atoms with Gasteiger partial charge in [-0.05, 0) is 92.9 Å². The van der Waals surface area contributed by atoms with Crippen LogP contribution in [-0.4, -0.2) is 24.9 Å². The quantitative estimate of drug-likeness (QED) is 0.183. The van der Waals surface area contributed by atoms with Gasteiger partial charge in [-0.3, -0.25) is 4.98 Å². The number of hydrogen-bond acceptors (Lipinski definition) is 4. The molecule has 3 heterocycles. The SMILES string of the molecule is CC1CC2CCC1(C#Cc1c3nc4nccc4nc3c(C#CC34CCC(CC3C)CC4C)c3[nH]ccnc13)C(C)C2. The molecule has 3 aromatic heterocycles. The second-order valence-corrected chi connectivity index (χ2v) is 14.1. The molecule has 4 bridgehead atoms. The first kappa shape index (κ1) is 25.3. The molecule has 0 amide bonds. The average Bonchev–Trinajstić information content (AvgIpc) is 3.43. The summed E-state index contributed by atoms with van der Waals surface area (Å²) >= 11 is 0. The Morgan fingerprint density at radius 3 is 1.90 bits per heavy atom. The fourth-order valence-corrected chi connectivity index (χ4v) is 9.71. The van der Waals surface area contributed by atoms with Crippen LogP contribution in [-0.2, 0) is 0 Å². The standard InChI is InChI=1S/C36H39N5/c1-21-17-25-5-10-35(21,22(2)18-25)12-7-27-30-31(38-16-15-37-30)28(33-32(27)40-29-9-14-39-34(29)41-33)8-13-36-11-6-26(19-23(36)3)20-24(36)4/h9,14-16,21-26,37H,5-6,10-11,17-20H2,1-4H3. The molecule has 0 spiro atoms. The highest BCUT2D eigenvalue weighted by molar-refractivity contribution is 6.05. The molecule has 4 aromatic rings. The van der Waals surface area contributed by atoms with Crippen molar-refractivity contribution >= 4 is 33.2 Å². The Morgan fingerprint density at radius 2 is 1.29 bits per heavy atom. The molecule has 1 aromatic carbocycles. The summed E-state index contributed by atoms with van der Waals surface area (Å²) < 4.78 is 0.